The molecule has 0 radical (unpaired) electrons. The van der Waals surface area contributed by atoms with Gasteiger partial charge in [-0.25, -0.2) is 0 Å². The summed E-state index contributed by atoms with van der Waals surface area (Å²) in [5.74, 6) is 0. The normalized spacial score (nSPS) is 27.2. The largest absolute Gasteiger partial charge is 0.306 e. The maximum atomic E-state index is 2.72. The fourth-order valence-corrected chi connectivity index (χ4v) is 3.37. The van der Waals surface area contributed by atoms with Crippen molar-refractivity contribution in [1.82, 2.24) is 9.80 Å². The van der Waals surface area contributed by atoms with E-state index in [2.05, 4.69) is 23.9 Å². The molecular formula is C14H28N2. The van der Waals surface area contributed by atoms with Crippen LogP contribution in [0.1, 0.15) is 51.4 Å². The van der Waals surface area contributed by atoms with Gasteiger partial charge in [0.25, 0.3) is 0 Å². The van der Waals surface area contributed by atoms with Gasteiger partial charge in [-0.1, -0.05) is 25.7 Å². The molecule has 2 fully saturated rings. The van der Waals surface area contributed by atoms with Gasteiger partial charge in [0.15, 0.2) is 0 Å². The lowest BCUT2D eigenvalue weighted by molar-refractivity contribution is 0.0992. The van der Waals surface area contributed by atoms with Crippen LogP contribution in [0.4, 0.5) is 0 Å². The summed E-state index contributed by atoms with van der Waals surface area (Å²) >= 11 is 0. The molecule has 0 aromatic rings. The van der Waals surface area contributed by atoms with Crippen molar-refractivity contribution in [1.29, 1.82) is 0 Å². The first-order valence-electron chi connectivity index (χ1n) is 7.18. The Hall–Kier alpha value is -0.0800. The standard InChI is InChI=1S/C14H28N2/c1-15-11-9-14(10-12-15)16(2)13-7-5-3-4-6-8-13/h13-14H,3-12H2,1-2H3. The highest BCUT2D eigenvalue weighted by Gasteiger charge is 2.26. The number of piperidine rings is 1. The van der Waals surface area contributed by atoms with Gasteiger partial charge in [0, 0.05) is 12.1 Å². The van der Waals surface area contributed by atoms with Gasteiger partial charge >= 0.3 is 0 Å². The summed E-state index contributed by atoms with van der Waals surface area (Å²) in [6.45, 7) is 2.59. The smallest absolute Gasteiger partial charge is 0.0119 e. The van der Waals surface area contributed by atoms with Crippen molar-refractivity contribution in [2.75, 3.05) is 27.2 Å². The number of nitrogens with zero attached hydrogens (tertiary/aromatic N) is 2. The van der Waals surface area contributed by atoms with E-state index < -0.39 is 0 Å². The summed E-state index contributed by atoms with van der Waals surface area (Å²) < 4.78 is 0. The van der Waals surface area contributed by atoms with E-state index in [1.54, 1.807) is 0 Å². The number of hydrogen-bond donors (Lipinski definition) is 0. The van der Waals surface area contributed by atoms with Crippen molar-refractivity contribution in [2.24, 2.45) is 0 Å². The van der Waals surface area contributed by atoms with Crippen molar-refractivity contribution < 1.29 is 0 Å². The van der Waals surface area contributed by atoms with Gasteiger partial charge < -0.3 is 9.80 Å². The van der Waals surface area contributed by atoms with Crippen LogP contribution in [-0.4, -0.2) is 49.1 Å². The van der Waals surface area contributed by atoms with Crippen LogP contribution in [0.3, 0.4) is 0 Å². The predicted molar refractivity (Wildman–Crippen MR) is 69.8 cm³/mol. The summed E-state index contributed by atoms with van der Waals surface area (Å²) in [6.07, 6.45) is 11.5. The summed E-state index contributed by atoms with van der Waals surface area (Å²) in [5.41, 5.74) is 0. The Labute approximate surface area is 101 Å². The van der Waals surface area contributed by atoms with Crippen LogP contribution in [0.5, 0.6) is 0 Å². The third kappa shape index (κ3) is 3.21. The molecule has 2 rings (SSSR count). The van der Waals surface area contributed by atoms with Gasteiger partial charge in [0.1, 0.15) is 0 Å². The monoisotopic (exact) mass is 224 g/mol. The minimum atomic E-state index is 0.860. The fraction of sp³-hybridized carbons (Fsp3) is 1.00. The van der Waals surface area contributed by atoms with Crippen LogP contribution in [0, 0.1) is 0 Å². The molecule has 0 spiro atoms. The van der Waals surface area contributed by atoms with Crippen molar-refractivity contribution in [2.45, 2.75) is 63.5 Å². The van der Waals surface area contributed by atoms with Gasteiger partial charge in [-0.2, -0.15) is 0 Å². The Balaban J connectivity index is 1.83. The van der Waals surface area contributed by atoms with E-state index in [-0.39, 0.29) is 0 Å². The molecule has 0 atom stereocenters. The highest BCUT2D eigenvalue weighted by molar-refractivity contribution is 4.82. The Morgan fingerprint density at radius 2 is 1.31 bits per heavy atom. The number of likely N-dealkylation sites (tertiary alicyclic amines) is 1. The quantitative estimate of drug-likeness (QED) is 0.666. The molecule has 0 N–H and O–H groups in total. The molecule has 0 unspecified atom stereocenters. The summed E-state index contributed by atoms with van der Waals surface area (Å²) in [4.78, 5) is 5.19. The van der Waals surface area contributed by atoms with Crippen molar-refractivity contribution in [3.63, 3.8) is 0 Å². The molecule has 2 heteroatoms. The van der Waals surface area contributed by atoms with E-state index in [1.165, 1.54) is 64.5 Å². The molecule has 0 amide bonds. The maximum Gasteiger partial charge on any atom is 0.0119 e. The molecule has 94 valence electrons. The minimum Gasteiger partial charge on any atom is -0.306 e. The highest BCUT2D eigenvalue weighted by Crippen LogP contribution is 2.25. The topological polar surface area (TPSA) is 6.48 Å². The molecule has 16 heavy (non-hydrogen) atoms. The van der Waals surface area contributed by atoms with Crippen LogP contribution in [0.25, 0.3) is 0 Å². The molecule has 1 saturated carbocycles. The molecule has 1 aliphatic carbocycles. The second kappa shape index (κ2) is 6.02. The van der Waals surface area contributed by atoms with Crippen molar-refractivity contribution >= 4 is 0 Å². The SMILES string of the molecule is CN1CCC(N(C)C2CCCCCC2)CC1. The first-order chi connectivity index (χ1) is 7.77. The molecular weight excluding hydrogens is 196 g/mol. The van der Waals surface area contributed by atoms with Crippen molar-refractivity contribution in [3.8, 4) is 0 Å². The Kier molecular flexibility index (Phi) is 4.66. The number of rotatable bonds is 2. The van der Waals surface area contributed by atoms with Crippen LogP contribution in [0.2, 0.25) is 0 Å². The third-order valence-electron chi connectivity index (χ3n) is 4.66. The molecule has 1 heterocycles. The average molecular weight is 224 g/mol. The van der Waals surface area contributed by atoms with E-state index in [9.17, 15) is 0 Å². The maximum absolute atomic E-state index is 2.72. The summed E-state index contributed by atoms with van der Waals surface area (Å²) in [6, 6.07) is 1.75. The molecule has 0 aromatic carbocycles. The van der Waals surface area contributed by atoms with E-state index in [0.29, 0.717) is 0 Å². The molecule has 2 aliphatic rings. The second-order valence-electron chi connectivity index (χ2n) is 5.85. The van der Waals surface area contributed by atoms with Crippen LogP contribution in [-0.2, 0) is 0 Å². The fourth-order valence-electron chi connectivity index (χ4n) is 3.37. The van der Waals surface area contributed by atoms with Gasteiger partial charge in [-0.15, -0.1) is 0 Å². The highest BCUT2D eigenvalue weighted by atomic mass is 15.2. The minimum absolute atomic E-state index is 0.860. The first-order valence-corrected chi connectivity index (χ1v) is 7.18. The molecule has 0 aromatic heterocycles. The molecule has 1 aliphatic heterocycles. The average Bonchev–Trinajstić information content (AvgIpc) is 2.57. The van der Waals surface area contributed by atoms with E-state index in [4.69, 9.17) is 0 Å². The Morgan fingerprint density at radius 3 is 1.88 bits per heavy atom. The van der Waals surface area contributed by atoms with Crippen molar-refractivity contribution in [3.05, 3.63) is 0 Å². The lowest BCUT2D eigenvalue weighted by Crippen LogP contribution is -2.46. The molecule has 2 nitrogen and oxygen atoms in total. The van der Waals surface area contributed by atoms with Crippen LogP contribution < -0.4 is 0 Å². The Bertz CT molecular complexity index is 189. The van der Waals surface area contributed by atoms with Gasteiger partial charge in [-0.05, 0) is 52.9 Å². The second-order valence-corrected chi connectivity index (χ2v) is 5.85. The van der Waals surface area contributed by atoms with Crippen LogP contribution >= 0.6 is 0 Å². The zero-order chi connectivity index (χ0) is 11.4. The summed E-state index contributed by atoms with van der Waals surface area (Å²) in [5, 5.41) is 0. The van der Waals surface area contributed by atoms with E-state index in [1.807, 2.05) is 0 Å². The molecule has 1 saturated heterocycles. The summed E-state index contributed by atoms with van der Waals surface area (Å²) in [7, 11) is 4.63. The van der Waals surface area contributed by atoms with Gasteiger partial charge in [0.2, 0.25) is 0 Å². The van der Waals surface area contributed by atoms with E-state index >= 15 is 0 Å². The van der Waals surface area contributed by atoms with E-state index in [0.717, 1.165) is 12.1 Å². The predicted octanol–water partition coefficient (Wildman–Crippen LogP) is 2.74. The van der Waals surface area contributed by atoms with Gasteiger partial charge in [0.05, 0.1) is 0 Å². The first kappa shape index (κ1) is 12.4. The lowest BCUT2D eigenvalue weighted by atomic mass is 9.99. The zero-order valence-electron chi connectivity index (χ0n) is 11.1. The molecule has 0 bridgehead atoms. The Morgan fingerprint density at radius 1 is 0.812 bits per heavy atom. The zero-order valence-corrected chi connectivity index (χ0v) is 11.1. The number of hydrogen-bond acceptors (Lipinski definition) is 2. The lowest BCUT2D eigenvalue weighted by Gasteiger charge is -2.39. The van der Waals surface area contributed by atoms with Crippen LogP contribution in [0.15, 0.2) is 0 Å². The van der Waals surface area contributed by atoms with Gasteiger partial charge in [-0.3, -0.25) is 0 Å². The third-order valence-corrected chi connectivity index (χ3v) is 4.66.